The summed E-state index contributed by atoms with van der Waals surface area (Å²) in [5.74, 6) is 0.105. The summed E-state index contributed by atoms with van der Waals surface area (Å²) in [5, 5.41) is 0. The summed E-state index contributed by atoms with van der Waals surface area (Å²) in [4.78, 5) is 35.9. The average molecular weight is 304 g/mol. The number of aromatic nitrogens is 2. The molecule has 0 saturated carbocycles. The molecule has 3 heterocycles. The van der Waals surface area contributed by atoms with Crippen molar-refractivity contribution in [3.8, 4) is 0 Å². The fourth-order valence-electron chi connectivity index (χ4n) is 3.10. The molecule has 118 valence electrons. The van der Waals surface area contributed by atoms with Crippen LogP contribution in [0.1, 0.15) is 22.5 Å². The van der Waals surface area contributed by atoms with Crippen LogP contribution in [0.25, 0.3) is 0 Å². The smallest absolute Gasteiger partial charge is 0.257 e. The van der Waals surface area contributed by atoms with Gasteiger partial charge in [-0.1, -0.05) is 0 Å². The number of rotatable bonds is 1. The van der Waals surface area contributed by atoms with E-state index in [9.17, 15) is 9.59 Å². The first kappa shape index (κ1) is 14.9. The molecule has 3 rings (SSSR count). The van der Waals surface area contributed by atoms with E-state index in [0.29, 0.717) is 30.9 Å². The van der Waals surface area contributed by atoms with Gasteiger partial charge in [-0.25, -0.2) is 9.97 Å². The van der Waals surface area contributed by atoms with Gasteiger partial charge in [-0.05, 0) is 13.3 Å². The standard InChI is InChI=1S/C15H20N4O3/c1-10-12(5-16-9-17-10)15(21)19-4-3-13-11(7-19)6-18(2)14(20)8-22-13/h5,9,11,13H,3-4,6-8H2,1-2H3/t11-,13-/m0/s1. The molecular weight excluding hydrogens is 284 g/mol. The van der Waals surface area contributed by atoms with Crippen LogP contribution in [-0.4, -0.2) is 71.0 Å². The molecule has 0 unspecified atom stereocenters. The van der Waals surface area contributed by atoms with E-state index >= 15 is 0 Å². The fraction of sp³-hybridized carbons (Fsp3) is 0.600. The number of carbonyl (C=O) groups excluding carboxylic acids is 2. The lowest BCUT2D eigenvalue weighted by Crippen LogP contribution is -2.49. The van der Waals surface area contributed by atoms with E-state index in [1.54, 1.807) is 18.1 Å². The van der Waals surface area contributed by atoms with Crippen LogP contribution < -0.4 is 0 Å². The van der Waals surface area contributed by atoms with Gasteiger partial charge in [-0.15, -0.1) is 0 Å². The van der Waals surface area contributed by atoms with Crippen molar-refractivity contribution < 1.29 is 14.3 Å². The highest BCUT2D eigenvalue weighted by Crippen LogP contribution is 2.25. The third-order valence-corrected chi connectivity index (χ3v) is 4.45. The van der Waals surface area contributed by atoms with Crippen molar-refractivity contribution in [2.45, 2.75) is 19.4 Å². The maximum atomic E-state index is 12.7. The number of carbonyl (C=O) groups is 2. The number of aryl methyl sites for hydroxylation is 1. The van der Waals surface area contributed by atoms with Gasteiger partial charge in [0.05, 0.1) is 17.4 Å². The molecule has 2 fully saturated rings. The molecule has 0 bridgehead atoms. The molecule has 0 aliphatic carbocycles. The summed E-state index contributed by atoms with van der Waals surface area (Å²) in [6.45, 7) is 3.79. The molecule has 2 aliphatic rings. The van der Waals surface area contributed by atoms with Crippen LogP contribution >= 0.6 is 0 Å². The minimum absolute atomic E-state index is 0.000389. The van der Waals surface area contributed by atoms with Gasteiger partial charge in [0, 0.05) is 38.8 Å². The van der Waals surface area contributed by atoms with Crippen LogP contribution in [0.4, 0.5) is 0 Å². The van der Waals surface area contributed by atoms with Crippen molar-refractivity contribution in [2.24, 2.45) is 5.92 Å². The minimum Gasteiger partial charge on any atom is -0.368 e. The normalized spacial score (nSPS) is 25.6. The molecule has 0 radical (unpaired) electrons. The van der Waals surface area contributed by atoms with Gasteiger partial charge < -0.3 is 14.5 Å². The first-order valence-corrected chi connectivity index (χ1v) is 7.47. The number of nitrogens with zero attached hydrogens (tertiary/aromatic N) is 4. The molecule has 0 N–H and O–H groups in total. The predicted octanol–water partition coefficient (Wildman–Crippen LogP) is 0.104. The van der Waals surface area contributed by atoms with Crippen molar-refractivity contribution in [3.05, 3.63) is 23.8 Å². The van der Waals surface area contributed by atoms with Crippen LogP contribution in [0.2, 0.25) is 0 Å². The zero-order chi connectivity index (χ0) is 15.7. The highest BCUT2D eigenvalue weighted by Gasteiger charge is 2.36. The summed E-state index contributed by atoms with van der Waals surface area (Å²) < 4.78 is 5.69. The highest BCUT2D eigenvalue weighted by atomic mass is 16.5. The Labute approximate surface area is 129 Å². The quantitative estimate of drug-likeness (QED) is 0.736. The molecule has 7 nitrogen and oxygen atoms in total. The minimum atomic E-state index is -0.0465. The second-order valence-electron chi connectivity index (χ2n) is 5.95. The predicted molar refractivity (Wildman–Crippen MR) is 78.2 cm³/mol. The molecule has 0 spiro atoms. The molecule has 1 aromatic rings. The second kappa shape index (κ2) is 6.00. The van der Waals surface area contributed by atoms with Crippen molar-refractivity contribution in [1.29, 1.82) is 0 Å². The van der Waals surface area contributed by atoms with E-state index in [0.717, 1.165) is 6.42 Å². The van der Waals surface area contributed by atoms with E-state index in [-0.39, 0.29) is 30.4 Å². The SMILES string of the molecule is Cc1ncncc1C(=O)N1CC[C@@H]2OCC(=O)N(C)C[C@H]2C1. The third-order valence-electron chi connectivity index (χ3n) is 4.45. The molecule has 2 atom stereocenters. The van der Waals surface area contributed by atoms with Crippen molar-refractivity contribution in [1.82, 2.24) is 19.8 Å². The van der Waals surface area contributed by atoms with Gasteiger partial charge in [-0.2, -0.15) is 0 Å². The maximum absolute atomic E-state index is 12.7. The van der Waals surface area contributed by atoms with Gasteiger partial charge in [-0.3, -0.25) is 9.59 Å². The number of hydrogen-bond acceptors (Lipinski definition) is 5. The van der Waals surface area contributed by atoms with Crippen LogP contribution in [0.3, 0.4) is 0 Å². The van der Waals surface area contributed by atoms with Gasteiger partial charge in [0.25, 0.3) is 5.91 Å². The van der Waals surface area contributed by atoms with Gasteiger partial charge in [0.1, 0.15) is 12.9 Å². The lowest BCUT2D eigenvalue weighted by Gasteiger charge is -2.37. The number of piperidine rings is 1. The first-order chi connectivity index (χ1) is 10.6. The van der Waals surface area contributed by atoms with Crippen LogP contribution in [0.5, 0.6) is 0 Å². The fourth-order valence-corrected chi connectivity index (χ4v) is 3.10. The highest BCUT2D eigenvalue weighted by molar-refractivity contribution is 5.95. The summed E-state index contributed by atoms with van der Waals surface area (Å²) in [5.41, 5.74) is 1.23. The Balaban J connectivity index is 1.74. The van der Waals surface area contributed by atoms with Crippen LogP contribution in [-0.2, 0) is 9.53 Å². The molecule has 0 aromatic carbocycles. The van der Waals surface area contributed by atoms with Gasteiger partial charge in [0.15, 0.2) is 0 Å². The first-order valence-electron chi connectivity index (χ1n) is 7.47. The van der Waals surface area contributed by atoms with E-state index in [1.807, 2.05) is 11.8 Å². The maximum Gasteiger partial charge on any atom is 0.257 e. The zero-order valence-corrected chi connectivity index (χ0v) is 12.9. The van der Waals surface area contributed by atoms with Gasteiger partial charge >= 0.3 is 0 Å². The Kier molecular flexibility index (Phi) is 4.06. The van der Waals surface area contributed by atoms with Gasteiger partial charge in [0.2, 0.25) is 5.91 Å². The van der Waals surface area contributed by atoms with Crippen molar-refractivity contribution in [2.75, 3.05) is 33.3 Å². The number of ether oxygens (including phenoxy) is 1. The number of likely N-dealkylation sites (tertiary alicyclic amines) is 1. The van der Waals surface area contributed by atoms with Crippen LogP contribution in [0.15, 0.2) is 12.5 Å². The number of fused-ring (bicyclic) bond motifs is 1. The van der Waals surface area contributed by atoms with Crippen LogP contribution in [0, 0.1) is 12.8 Å². The number of likely N-dealkylation sites (N-methyl/N-ethyl adjacent to an activating group) is 1. The molecule has 2 amide bonds. The Hall–Kier alpha value is -2.02. The third kappa shape index (κ3) is 2.81. The Morgan fingerprint density at radius 3 is 3.00 bits per heavy atom. The van der Waals surface area contributed by atoms with E-state index in [4.69, 9.17) is 4.74 Å². The molecular formula is C15H20N4O3. The monoisotopic (exact) mass is 304 g/mol. The lowest BCUT2D eigenvalue weighted by atomic mass is 9.93. The molecule has 2 saturated heterocycles. The van der Waals surface area contributed by atoms with E-state index < -0.39 is 0 Å². The Morgan fingerprint density at radius 2 is 2.23 bits per heavy atom. The largest absolute Gasteiger partial charge is 0.368 e. The zero-order valence-electron chi connectivity index (χ0n) is 12.9. The topological polar surface area (TPSA) is 75.6 Å². The lowest BCUT2D eigenvalue weighted by molar-refractivity contribution is -0.133. The molecule has 22 heavy (non-hydrogen) atoms. The Morgan fingerprint density at radius 1 is 1.41 bits per heavy atom. The molecule has 7 heteroatoms. The van der Waals surface area contributed by atoms with Crippen molar-refractivity contribution in [3.63, 3.8) is 0 Å². The van der Waals surface area contributed by atoms with E-state index in [1.165, 1.54) is 6.33 Å². The Bertz CT molecular complexity index is 592. The summed E-state index contributed by atoms with van der Waals surface area (Å²) in [6.07, 6.45) is 3.81. The molecule has 1 aromatic heterocycles. The summed E-state index contributed by atoms with van der Waals surface area (Å²) in [6, 6.07) is 0. The summed E-state index contributed by atoms with van der Waals surface area (Å²) in [7, 11) is 1.78. The van der Waals surface area contributed by atoms with Crippen molar-refractivity contribution >= 4 is 11.8 Å². The average Bonchev–Trinajstić information content (AvgIpc) is 2.66. The number of hydrogen-bond donors (Lipinski definition) is 0. The second-order valence-corrected chi connectivity index (χ2v) is 5.95. The summed E-state index contributed by atoms with van der Waals surface area (Å²) >= 11 is 0. The molecule has 2 aliphatic heterocycles. The van der Waals surface area contributed by atoms with E-state index in [2.05, 4.69) is 9.97 Å². The number of amides is 2.